The minimum atomic E-state index is -0.575. The van der Waals surface area contributed by atoms with Gasteiger partial charge in [-0.05, 0) is 26.3 Å². The van der Waals surface area contributed by atoms with Crippen molar-refractivity contribution in [1.29, 1.82) is 0 Å². The minimum absolute atomic E-state index is 0.207. The minimum Gasteiger partial charge on any atom is -0.291 e. The molecule has 0 saturated carbocycles. The monoisotopic (exact) mass is 261 g/mol. The van der Waals surface area contributed by atoms with Crippen LogP contribution in [0.3, 0.4) is 0 Å². The van der Waals surface area contributed by atoms with Gasteiger partial charge >= 0.3 is 0 Å². The predicted molar refractivity (Wildman–Crippen MR) is 84.6 cm³/mol. The first-order chi connectivity index (χ1) is 8.39. The maximum atomic E-state index is 2.52. The second kappa shape index (κ2) is 6.91. The fourth-order valence-corrected chi connectivity index (χ4v) is 2.51. The molecule has 0 fully saturated rings. The van der Waals surface area contributed by atoms with Crippen molar-refractivity contribution in [3.05, 3.63) is 47.7 Å². The van der Waals surface area contributed by atoms with Gasteiger partial charge in [0.1, 0.15) is 0 Å². The normalized spacial score (nSPS) is 12.8. The van der Waals surface area contributed by atoms with Crippen LogP contribution >= 0.6 is 0 Å². The van der Waals surface area contributed by atoms with Gasteiger partial charge in [0.2, 0.25) is 0 Å². The summed E-state index contributed by atoms with van der Waals surface area (Å²) < 4.78 is 0. The first kappa shape index (κ1) is 15.2. The lowest BCUT2D eigenvalue weighted by atomic mass is 10.0. The molecule has 1 aromatic rings. The fourth-order valence-electron chi connectivity index (χ4n) is 1.84. The maximum absolute atomic E-state index is 2.52. The van der Waals surface area contributed by atoms with Crippen LogP contribution in [0.5, 0.6) is 0 Å². The largest absolute Gasteiger partial charge is 0.291 e. The molecule has 0 spiro atoms. The van der Waals surface area contributed by atoms with Gasteiger partial charge in [-0.1, -0.05) is 49.5 Å². The quantitative estimate of drug-likeness (QED) is 0.727. The van der Waals surface area contributed by atoms with Crippen molar-refractivity contribution >= 4 is 8.80 Å². The second-order valence-electron chi connectivity index (χ2n) is 6.21. The lowest BCUT2D eigenvalue weighted by molar-refractivity contribution is 0.145. The van der Waals surface area contributed by atoms with Crippen LogP contribution in [0.15, 0.2) is 42.1 Å². The van der Waals surface area contributed by atoms with Gasteiger partial charge in [0.15, 0.2) is 0 Å². The van der Waals surface area contributed by atoms with Crippen LogP contribution in [-0.4, -0.2) is 25.8 Å². The SMILES string of the molecule is C[SiH](C)C=CCN(Cc1ccccc1)C(C)(C)C. The maximum Gasteiger partial charge on any atom is 0.0550 e. The molecule has 1 rings (SSSR count). The van der Waals surface area contributed by atoms with Gasteiger partial charge in [-0.15, -0.1) is 5.70 Å². The molecule has 18 heavy (non-hydrogen) atoms. The predicted octanol–water partition coefficient (Wildman–Crippen LogP) is 3.87. The Kier molecular flexibility index (Phi) is 5.83. The molecule has 2 heteroatoms. The molecule has 0 aliphatic heterocycles. The number of benzene rings is 1. The summed E-state index contributed by atoms with van der Waals surface area (Å²) in [5, 5.41) is 0. The summed E-state index contributed by atoms with van der Waals surface area (Å²) >= 11 is 0. The third-order valence-electron chi connectivity index (χ3n) is 3.01. The van der Waals surface area contributed by atoms with E-state index in [9.17, 15) is 0 Å². The van der Waals surface area contributed by atoms with Gasteiger partial charge in [-0.25, -0.2) is 0 Å². The Bertz CT molecular complexity index is 362. The molecular weight excluding hydrogens is 234 g/mol. The summed E-state index contributed by atoms with van der Waals surface area (Å²) in [5.74, 6) is 0. The Morgan fingerprint density at radius 1 is 1.11 bits per heavy atom. The van der Waals surface area contributed by atoms with Crippen molar-refractivity contribution in [2.45, 2.75) is 45.9 Å². The number of hydrogen-bond donors (Lipinski definition) is 0. The van der Waals surface area contributed by atoms with Crippen molar-refractivity contribution in [3.8, 4) is 0 Å². The zero-order chi connectivity index (χ0) is 13.6. The lowest BCUT2D eigenvalue weighted by Gasteiger charge is -2.35. The van der Waals surface area contributed by atoms with Crippen LogP contribution in [0.25, 0.3) is 0 Å². The first-order valence-electron chi connectivity index (χ1n) is 6.85. The summed E-state index contributed by atoms with van der Waals surface area (Å²) in [6, 6.07) is 10.7. The highest BCUT2D eigenvalue weighted by Crippen LogP contribution is 2.17. The molecule has 1 aromatic carbocycles. The molecular formula is C16H27NSi. The molecule has 0 radical (unpaired) electrons. The Hall–Kier alpha value is -0.863. The van der Waals surface area contributed by atoms with Crippen molar-refractivity contribution in [3.63, 3.8) is 0 Å². The second-order valence-corrected chi connectivity index (χ2v) is 9.08. The molecule has 0 N–H and O–H groups in total. The molecule has 0 aliphatic carbocycles. The molecule has 0 bridgehead atoms. The van der Waals surface area contributed by atoms with Crippen molar-refractivity contribution < 1.29 is 0 Å². The van der Waals surface area contributed by atoms with E-state index in [0.717, 1.165) is 13.1 Å². The van der Waals surface area contributed by atoms with Crippen LogP contribution in [0.1, 0.15) is 26.3 Å². The van der Waals surface area contributed by atoms with Crippen LogP contribution in [0.4, 0.5) is 0 Å². The molecule has 0 saturated heterocycles. The summed E-state index contributed by atoms with van der Waals surface area (Å²) in [6.07, 6.45) is 2.35. The highest BCUT2D eigenvalue weighted by atomic mass is 28.3. The van der Waals surface area contributed by atoms with Crippen LogP contribution in [-0.2, 0) is 6.54 Å². The van der Waals surface area contributed by atoms with Gasteiger partial charge < -0.3 is 0 Å². The molecule has 0 atom stereocenters. The van der Waals surface area contributed by atoms with Crippen molar-refractivity contribution in [1.82, 2.24) is 4.90 Å². The van der Waals surface area contributed by atoms with E-state index in [1.54, 1.807) is 0 Å². The van der Waals surface area contributed by atoms with E-state index in [1.807, 2.05) is 0 Å². The smallest absolute Gasteiger partial charge is 0.0550 e. The number of nitrogens with zero attached hydrogens (tertiary/aromatic N) is 1. The Labute approximate surface area is 114 Å². The van der Waals surface area contributed by atoms with E-state index in [2.05, 4.69) is 80.9 Å². The van der Waals surface area contributed by atoms with Gasteiger partial charge in [0.05, 0.1) is 8.80 Å². The van der Waals surface area contributed by atoms with E-state index in [1.165, 1.54) is 5.56 Å². The first-order valence-corrected chi connectivity index (χ1v) is 9.83. The van der Waals surface area contributed by atoms with E-state index >= 15 is 0 Å². The average molecular weight is 261 g/mol. The summed E-state index contributed by atoms with van der Waals surface area (Å²) in [6.45, 7) is 13.6. The third-order valence-corrected chi connectivity index (χ3v) is 4.05. The lowest BCUT2D eigenvalue weighted by Crippen LogP contribution is -2.40. The van der Waals surface area contributed by atoms with Crippen molar-refractivity contribution in [2.24, 2.45) is 0 Å². The van der Waals surface area contributed by atoms with Crippen LogP contribution in [0.2, 0.25) is 13.1 Å². The van der Waals surface area contributed by atoms with Crippen LogP contribution < -0.4 is 0 Å². The summed E-state index contributed by atoms with van der Waals surface area (Å²) in [7, 11) is -0.575. The molecule has 0 heterocycles. The standard InChI is InChI=1S/C16H27NSi/c1-16(2,3)17(12-9-13-18(4)5)14-15-10-7-6-8-11-15/h6-11,13,18H,12,14H2,1-5H3. The van der Waals surface area contributed by atoms with Gasteiger partial charge in [0.25, 0.3) is 0 Å². The van der Waals surface area contributed by atoms with Crippen LogP contribution in [0, 0.1) is 0 Å². The molecule has 0 unspecified atom stereocenters. The highest BCUT2D eigenvalue weighted by molar-refractivity contribution is 6.61. The van der Waals surface area contributed by atoms with Gasteiger partial charge in [-0.3, -0.25) is 4.90 Å². The Balaban J connectivity index is 2.68. The average Bonchev–Trinajstić information content (AvgIpc) is 2.27. The molecule has 0 amide bonds. The Morgan fingerprint density at radius 2 is 1.72 bits per heavy atom. The number of hydrogen-bond acceptors (Lipinski definition) is 1. The third kappa shape index (κ3) is 5.65. The molecule has 100 valence electrons. The topological polar surface area (TPSA) is 3.24 Å². The van der Waals surface area contributed by atoms with E-state index in [0.29, 0.717) is 0 Å². The summed E-state index contributed by atoms with van der Waals surface area (Å²) in [4.78, 5) is 2.52. The number of rotatable bonds is 5. The zero-order valence-corrected chi connectivity index (χ0v) is 13.6. The molecule has 1 nitrogen and oxygen atoms in total. The van der Waals surface area contributed by atoms with Gasteiger partial charge in [-0.2, -0.15) is 0 Å². The zero-order valence-electron chi connectivity index (χ0n) is 12.5. The molecule has 0 aliphatic rings. The fraction of sp³-hybridized carbons (Fsp3) is 0.500. The van der Waals surface area contributed by atoms with Crippen molar-refractivity contribution in [2.75, 3.05) is 6.54 Å². The van der Waals surface area contributed by atoms with E-state index in [4.69, 9.17) is 0 Å². The van der Waals surface area contributed by atoms with E-state index in [-0.39, 0.29) is 5.54 Å². The van der Waals surface area contributed by atoms with Gasteiger partial charge in [0, 0.05) is 18.6 Å². The van der Waals surface area contributed by atoms with E-state index < -0.39 is 8.80 Å². The summed E-state index contributed by atoms with van der Waals surface area (Å²) in [5.41, 5.74) is 4.02. The Morgan fingerprint density at radius 3 is 2.22 bits per heavy atom. The molecule has 0 aromatic heterocycles. The highest BCUT2D eigenvalue weighted by Gasteiger charge is 2.19.